The van der Waals surface area contributed by atoms with Crippen molar-refractivity contribution in [2.24, 2.45) is 5.92 Å². The number of nitro benzene ring substituents is 1. The van der Waals surface area contributed by atoms with E-state index in [9.17, 15) is 28.1 Å². The Morgan fingerprint density at radius 3 is 2.56 bits per heavy atom. The number of carbonyl (C=O) groups is 2. The first-order valence-electron chi connectivity index (χ1n) is 9.68. The minimum atomic E-state index is -4.22. The summed E-state index contributed by atoms with van der Waals surface area (Å²) < 4.78 is 38.4. The number of fused-ring (bicyclic) bond motifs is 1. The number of hydrogen-bond acceptors (Lipinski definition) is 10. The average Bonchev–Trinajstić information content (AvgIpc) is 3.06. The summed E-state index contributed by atoms with van der Waals surface area (Å²) in [6, 6.07) is 5.16. The van der Waals surface area contributed by atoms with Crippen molar-refractivity contribution in [3.05, 3.63) is 50.5 Å². The van der Waals surface area contributed by atoms with Crippen molar-refractivity contribution in [1.29, 1.82) is 0 Å². The Morgan fingerprint density at radius 1 is 1.34 bits per heavy atom. The summed E-state index contributed by atoms with van der Waals surface area (Å²) in [4.78, 5) is 37.7. The SMILES string of the molecule is CCOS(=O)(=O)O[C@@H](C)[C@@H]1C(=O)N2C(C(=O)OCc3ccc([N+](=O)[O-])cc3)=C(SC)C[C@H]12. The minimum Gasteiger partial charge on any atom is -0.456 e. The lowest BCUT2D eigenvalue weighted by Gasteiger charge is -2.45. The number of hydrogen-bond donors (Lipinski definition) is 0. The van der Waals surface area contributed by atoms with E-state index in [0.29, 0.717) is 16.9 Å². The molecule has 0 bridgehead atoms. The number of rotatable bonds is 10. The van der Waals surface area contributed by atoms with Gasteiger partial charge in [0.1, 0.15) is 12.3 Å². The monoisotopic (exact) mass is 486 g/mol. The van der Waals surface area contributed by atoms with Crippen molar-refractivity contribution < 1.29 is 36.0 Å². The van der Waals surface area contributed by atoms with E-state index in [1.54, 1.807) is 6.26 Å². The molecule has 1 fully saturated rings. The number of esters is 1. The second kappa shape index (κ2) is 9.57. The van der Waals surface area contributed by atoms with Crippen LogP contribution in [0.1, 0.15) is 25.8 Å². The smallest absolute Gasteiger partial charge is 0.400 e. The molecule has 1 aromatic rings. The summed E-state index contributed by atoms with van der Waals surface area (Å²) in [5.74, 6) is -1.87. The van der Waals surface area contributed by atoms with Crippen LogP contribution in [-0.2, 0) is 39.7 Å². The van der Waals surface area contributed by atoms with Gasteiger partial charge in [-0.3, -0.25) is 14.9 Å². The van der Waals surface area contributed by atoms with Crippen LogP contribution >= 0.6 is 11.8 Å². The fourth-order valence-corrected chi connectivity index (χ4v) is 5.29. The number of ether oxygens (including phenoxy) is 1. The first-order valence-corrected chi connectivity index (χ1v) is 12.2. The van der Waals surface area contributed by atoms with Gasteiger partial charge in [0.2, 0.25) is 5.91 Å². The number of β-lactam (4-membered cyclic amide) rings is 1. The summed E-state index contributed by atoms with van der Waals surface area (Å²) in [5.41, 5.74) is 0.609. The molecule has 3 atom stereocenters. The largest absolute Gasteiger partial charge is 0.456 e. The Kier molecular flexibility index (Phi) is 7.22. The molecular weight excluding hydrogens is 464 g/mol. The van der Waals surface area contributed by atoms with Crippen molar-refractivity contribution in [1.82, 2.24) is 4.90 Å². The van der Waals surface area contributed by atoms with Gasteiger partial charge in [-0.15, -0.1) is 11.8 Å². The van der Waals surface area contributed by atoms with Crippen molar-refractivity contribution in [3.8, 4) is 0 Å². The summed E-state index contributed by atoms with van der Waals surface area (Å²) in [7, 11) is -4.22. The summed E-state index contributed by atoms with van der Waals surface area (Å²) in [6.45, 7) is 2.76. The van der Waals surface area contributed by atoms with Crippen LogP contribution in [0, 0.1) is 16.0 Å². The van der Waals surface area contributed by atoms with Crippen molar-refractivity contribution in [3.63, 3.8) is 0 Å². The molecule has 0 N–H and O–H groups in total. The molecule has 174 valence electrons. The number of amides is 1. The van der Waals surface area contributed by atoms with Crippen LogP contribution in [0.25, 0.3) is 0 Å². The van der Waals surface area contributed by atoms with E-state index in [1.165, 1.54) is 54.8 Å². The van der Waals surface area contributed by atoms with Gasteiger partial charge in [0, 0.05) is 23.5 Å². The highest BCUT2D eigenvalue weighted by Crippen LogP contribution is 2.47. The third-order valence-corrected chi connectivity index (χ3v) is 7.08. The van der Waals surface area contributed by atoms with Gasteiger partial charge in [0.25, 0.3) is 5.69 Å². The van der Waals surface area contributed by atoms with Crippen LogP contribution in [0.4, 0.5) is 5.69 Å². The summed E-state index contributed by atoms with van der Waals surface area (Å²) >= 11 is 1.31. The molecule has 2 aliphatic rings. The molecular formula is C19H22N2O9S2. The molecule has 1 aromatic carbocycles. The van der Waals surface area contributed by atoms with E-state index < -0.39 is 45.3 Å². The molecule has 0 unspecified atom stereocenters. The minimum absolute atomic E-state index is 0.0778. The van der Waals surface area contributed by atoms with Gasteiger partial charge >= 0.3 is 16.4 Å². The zero-order valence-corrected chi connectivity index (χ0v) is 19.2. The van der Waals surface area contributed by atoms with Crippen LogP contribution in [0.5, 0.6) is 0 Å². The molecule has 3 rings (SSSR count). The van der Waals surface area contributed by atoms with E-state index in [-0.39, 0.29) is 24.6 Å². The molecule has 13 heteroatoms. The molecule has 1 saturated heterocycles. The number of benzene rings is 1. The Bertz CT molecular complexity index is 1050. The zero-order valence-electron chi connectivity index (χ0n) is 17.5. The lowest BCUT2D eigenvalue weighted by Crippen LogP contribution is -2.62. The fraction of sp³-hybridized carbons (Fsp3) is 0.474. The van der Waals surface area contributed by atoms with Crippen LogP contribution in [0.15, 0.2) is 34.9 Å². The molecule has 0 aromatic heterocycles. The van der Waals surface area contributed by atoms with Gasteiger partial charge in [0.05, 0.1) is 29.6 Å². The number of nitro groups is 1. The maximum atomic E-state index is 12.8. The van der Waals surface area contributed by atoms with Crippen LogP contribution in [0.2, 0.25) is 0 Å². The molecule has 0 radical (unpaired) electrons. The van der Waals surface area contributed by atoms with Gasteiger partial charge in [-0.2, -0.15) is 8.42 Å². The number of thioether (sulfide) groups is 1. The zero-order chi connectivity index (χ0) is 23.6. The number of non-ortho nitro benzene ring substituents is 1. The van der Waals surface area contributed by atoms with Gasteiger partial charge in [-0.1, -0.05) is 0 Å². The lowest BCUT2D eigenvalue weighted by molar-refractivity contribution is -0.384. The van der Waals surface area contributed by atoms with Gasteiger partial charge in [0.15, 0.2) is 0 Å². The van der Waals surface area contributed by atoms with Crippen molar-refractivity contribution >= 4 is 39.7 Å². The highest BCUT2D eigenvalue weighted by molar-refractivity contribution is 8.02. The second-order valence-corrected chi connectivity index (χ2v) is 9.24. The maximum absolute atomic E-state index is 12.8. The second-order valence-electron chi connectivity index (χ2n) is 7.10. The summed E-state index contributed by atoms with van der Waals surface area (Å²) in [5, 5.41) is 10.7. The van der Waals surface area contributed by atoms with E-state index >= 15 is 0 Å². The van der Waals surface area contributed by atoms with E-state index in [0.717, 1.165) is 0 Å². The quantitative estimate of drug-likeness (QED) is 0.209. The van der Waals surface area contributed by atoms with Gasteiger partial charge in [-0.05, 0) is 37.8 Å². The first kappa shape index (κ1) is 24.2. The Labute approximate surface area is 189 Å². The van der Waals surface area contributed by atoms with Crippen LogP contribution in [-0.4, -0.2) is 55.1 Å². The third kappa shape index (κ3) is 4.80. The molecule has 0 spiro atoms. The predicted molar refractivity (Wildman–Crippen MR) is 113 cm³/mol. The highest BCUT2D eigenvalue weighted by atomic mass is 32.3. The molecule has 0 aliphatic carbocycles. The number of carbonyl (C=O) groups excluding carboxylic acids is 2. The lowest BCUT2D eigenvalue weighted by atomic mass is 9.83. The topological polar surface area (TPSA) is 142 Å². The molecule has 1 amide bonds. The first-order chi connectivity index (χ1) is 15.1. The van der Waals surface area contributed by atoms with Crippen molar-refractivity contribution in [2.45, 2.75) is 39.0 Å². The summed E-state index contributed by atoms with van der Waals surface area (Å²) in [6.07, 6.45) is 1.19. The third-order valence-electron chi connectivity index (χ3n) is 5.16. The molecule has 2 aliphatic heterocycles. The molecule has 11 nitrogen and oxygen atoms in total. The van der Waals surface area contributed by atoms with Crippen LogP contribution < -0.4 is 0 Å². The fourth-order valence-electron chi connectivity index (χ4n) is 3.74. The van der Waals surface area contributed by atoms with Crippen LogP contribution in [0.3, 0.4) is 0 Å². The average molecular weight is 487 g/mol. The number of nitrogens with zero attached hydrogens (tertiary/aromatic N) is 2. The van der Waals surface area contributed by atoms with Gasteiger partial charge < -0.3 is 9.64 Å². The molecule has 0 saturated carbocycles. The predicted octanol–water partition coefficient (Wildman–Crippen LogP) is 2.13. The standard InChI is InChI=1S/C19H22N2O9S2/c1-4-29-32(26,27)30-11(2)16-14-9-15(31-3)17(20(14)18(16)22)19(23)28-10-12-5-7-13(8-6-12)21(24)25/h5-8,11,14,16H,4,9-10H2,1-3H3/t11-,14+,16-/m0/s1. The van der Waals surface area contributed by atoms with E-state index in [4.69, 9.17) is 8.92 Å². The van der Waals surface area contributed by atoms with Crippen molar-refractivity contribution in [2.75, 3.05) is 12.9 Å². The maximum Gasteiger partial charge on any atom is 0.400 e. The molecule has 32 heavy (non-hydrogen) atoms. The van der Waals surface area contributed by atoms with Gasteiger partial charge in [-0.25, -0.2) is 13.2 Å². The van der Waals surface area contributed by atoms with E-state index in [1.807, 2.05) is 0 Å². The Morgan fingerprint density at radius 2 is 2.00 bits per heavy atom. The normalized spacial score (nSPS) is 21.2. The highest BCUT2D eigenvalue weighted by Gasteiger charge is 2.58. The van der Waals surface area contributed by atoms with E-state index in [2.05, 4.69) is 4.18 Å². The Hall–Kier alpha value is -2.48. The Balaban J connectivity index is 1.67. The molecule has 2 heterocycles.